The Labute approximate surface area is 104 Å². The first kappa shape index (κ1) is 11.2. The van der Waals surface area contributed by atoms with Gasteiger partial charge in [0.2, 0.25) is 11.4 Å². The number of ether oxygens (including phenoxy) is 1. The summed E-state index contributed by atoms with van der Waals surface area (Å²) in [5.41, 5.74) is -0.314. The lowest BCUT2D eigenvalue weighted by molar-refractivity contribution is -0.199. The molecule has 3 rings (SSSR count). The Balaban J connectivity index is 1.82. The van der Waals surface area contributed by atoms with Gasteiger partial charge in [-0.1, -0.05) is 30.3 Å². The van der Waals surface area contributed by atoms with Crippen LogP contribution in [0, 0.1) is 0 Å². The number of hydrogen-bond acceptors (Lipinski definition) is 4. The van der Waals surface area contributed by atoms with Crippen LogP contribution in [0.25, 0.3) is 0 Å². The van der Waals surface area contributed by atoms with Gasteiger partial charge in [-0.2, -0.15) is 0 Å². The highest BCUT2D eigenvalue weighted by Crippen LogP contribution is 2.38. The van der Waals surface area contributed by atoms with Crippen molar-refractivity contribution in [3.63, 3.8) is 0 Å². The zero-order chi connectivity index (χ0) is 12.8. The van der Waals surface area contributed by atoms with Gasteiger partial charge in [-0.3, -0.25) is 4.79 Å². The molecule has 1 amide bonds. The second-order valence-electron chi connectivity index (χ2n) is 4.72. The molecule has 94 valence electrons. The number of nitrogens with one attached hydrogen (secondary N) is 1. The summed E-state index contributed by atoms with van der Waals surface area (Å²) in [4.78, 5) is 23.0. The van der Waals surface area contributed by atoms with Crippen molar-refractivity contribution < 1.29 is 19.4 Å². The molecule has 0 bridgehead atoms. The third kappa shape index (κ3) is 1.44. The average Bonchev–Trinajstić information content (AvgIpc) is 2.63. The fourth-order valence-electron chi connectivity index (χ4n) is 2.61. The molecule has 0 radical (unpaired) electrons. The molecule has 3 atom stereocenters. The Morgan fingerprint density at radius 2 is 2.11 bits per heavy atom. The number of rotatable bonds is 3. The zero-order valence-corrected chi connectivity index (χ0v) is 9.63. The van der Waals surface area contributed by atoms with Crippen molar-refractivity contribution in [3.05, 3.63) is 35.9 Å². The number of benzene rings is 1. The standard InChI is InChI=1S/C13H13NO4/c15-9(6-8-4-2-1-3-5-8)13-10(18-12(13)17)7-11(16)14-13/h1-5,9-10,15H,6-7H2,(H,14,16)/t9-,10-,13+/m0/s1. The van der Waals surface area contributed by atoms with Crippen LogP contribution in [0.3, 0.4) is 0 Å². The van der Waals surface area contributed by atoms with Gasteiger partial charge in [-0.15, -0.1) is 0 Å². The van der Waals surface area contributed by atoms with E-state index in [0.717, 1.165) is 5.56 Å². The molecule has 5 nitrogen and oxygen atoms in total. The smallest absolute Gasteiger partial charge is 0.338 e. The third-order valence-electron chi connectivity index (χ3n) is 3.61. The number of amides is 1. The molecule has 0 aromatic heterocycles. The van der Waals surface area contributed by atoms with Gasteiger partial charge in [0.25, 0.3) is 0 Å². The molecule has 0 aliphatic carbocycles. The molecule has 2 fully saturated rings. The van der Waals surface area contributed by atoms with Crippen molar-refractivity contribution in [3.8, 4) is 0 Å². The van der Waals surface area contributed by atoms with E-state index in [9.17, 15) is 14.7 Å². The van der Waals surface area contributed by atoms with Crippen molar-refractivity contribution >= 4 is 11.9 Å². The van der Waals surface area contributed by atoms with Crippen LogP contribution in [0.1, 0.15) is 12.0 Å². The minimum absolute atomic E-state index is 0.136. The zero-order valence-electron chi connectivity index (χ0n) is 9.63. The van der Waals surface area contributed by atoms with E-state index in [0.29, 0.717) is 6.42 Å². The topological polar surface area (TPSA) is 75.6 Å². The monoisotopic (exact) mass is 247 g/mol. The van der Waals surface area contributed by atoms with Crippen molar-refractivity contribution in [1.82, 2.24) is 5.32 Å². The maximum atomic E-state index is 11.6. The van der Waals surface area contributed by atoms with E-state index < -0.39 is 23.7 Å². The van der Waals surface area contributed by atoms with E-state index in [4.69, 9.17) is 4.74 Å². The van der Waals surface area contributed by atoms with Crippen molar-refractivity contribution in [2.75, 3.05) is 0 Å². The number of carbonyl (C=O) groups is 2. The van der Waals surface area contributed by atoms with Gasteiger partial charge in [0.1, 0.15) is 6.10 Å². The minimum atomic E-state index is -1.23. The highest BCUT2D eigenvalue weighted by molar-refractivity contribution is 5.98. The predicted molar refractivity (Wildman–Crippen MR) is 61.5 cm³/mol. The SMILES string of the molecule is O=C1C[C@@H]2OC(=O)[C@]2([C@@H](O)Cc2ccccc2)N1. The fourth-order valence-corrected chi connectivity index (χ4v) is 2.61. The summed E-state index contributed by atoms with van der Waals surface area (Å²) in [5, 5.41) is 12.8. The van der Waals surface area contributed by atoms with Crippen molar-refractivity contribution in [2.45, 2.75) is 30.6 Å². The van der Waals surface area contributed by atoms with Gasteiger partial charge in [0.15, 0.2) is 0 Å². The van der Waals surface area contributed by atoms with Crippen LogP contribution < -0.4 is 5.32 Å². The molecular weight excluding hydrogens is 234 g/mol. The van der Waals surface area contributed by atoms with Gasteiger partial charge in [0, 0.05) is 6.42 Å². The van der Waals surface area contributed by atoms with Crippen LogP contribution in [-0.4, -0.2) is 34.7 Å². The Morgan fingerprint density at radius 3 is 2.72 bits per heavy atom. The normalized spacial score (nSPS) is 31.1. The Kier molecular flexibility index (Phi) is 2.38. The Morgan fingerprint density at radius 1 is 1.39 bits per heavy atom. The first-order chi connectivity index (χ1) is 8.63. The molecule has 1 aromatic rings. The number of aliphatic hydroxyl groups is 1. The van der Waals surface area contributed by atoms with Crippen LogP contribution in [0.4, 0.5) is 0 Å². The maximum absolute atomic E-state index is 11.6. The van der Waals surface area contributed by atoms with Crippen LogP contribution in [0.5, 0.6) is 0 Å². The molecule has 0 saturated carbocycles. The average molecular weight is 247 g/mol. The first-order valence-corrected chi connectivity index (χ1v) is 5.87. The lowest BCUT2D eigenvalue weighted by atomic mass is 9.80. The number of fused-ring (bicyclic) bond motifs is 1. The summed E-state index contributed by atoms with van der Waals surface area (Å²) in [6, 6.07) is 9.35. The van der Waals surface area contributed by atoms with Crippen LogP contribution in [0.15, 0.2) is 30.3 Å². The summed E-state index contributed by atoms with van der Waals surface area (Å²) in [6.45, 7) is 0. The van der Waals surface area contributed by atoms with Gasteiger partial charge in [-0.25, -0.2) is 4.79 Å². The van der Waals surface area contributed by atoms with Crippen LogP contribution in [0.2, 0.25) is 0 Å². The molecular formula is C13H13NO4. The van der Waals surface area contributed by atoms with E-state index in [2.05, 4.69) is 5.32 Å². The molecule has 0 unspecified atom stereocenters. The molecule has 0 spiro atoms. The van der Waals surface area contributed by atoms with E-state index in [1.54, 1.807) is 0 Å². The lowest BCUT2D eigenvalue weighted by Gasteiger charge is -2.44. The summed E-state index contributed by atoms with van der Waals surface area (Å²) >= 11 is 0. The van der Waals surface area contributed by atoms with Crippen molar-refractivity contribution in [1.29, 1.82) is 0 Å². The molecule has 2 saturated heterocycles. The fraction of sp³-hybridized carbons (Fsp3) is 0.385. The molecule has 2 N–H and O–H groups in total. The van der Waals surface area contributed by atoms with Crippen LogP contribution in [-0.2, 0) is 20.7 Å². The lowest BCUT2D eigenvalue weighted by Crippen LogP contribution is -2.72. The maximum Gasteiger partial charge on any atom is 0.338 e. The van der Waals surface area contributed by atoms with E-state index in [-0.39, 0.29) is 12.3 Å². The van der Waals surface area contributed by atoms with Crippen LogP contribution >= 0.6 is 0 Å². The molecule has 2 aliphatic rings. The van der Waals surface area contributed by atoms with Crippen molar-refractivity contribution in [2.24, 2.45) is 0 Å². The van der Waals surface area contributed by atoms with E-state index >= 15 is 0 Å². The second kappa shape index (κ2) is 3.81. The van der Waals surface area contributed by atoms with E-state index in [1.165, 1.54) is 0 Å². The van der Waals surface area contributed by atoms with Gasteiger partial charge in [-0.05, 0) is 5.56 Å². The summed E-state index contributed by atoms with van der Waals surface area (Å²) in [7, 11) is 0. The first-order valence-electron chi connectivity index (χ1n) is 5.87. The molecule has 5 heteroatoms. The third-order valence-corrected chi connectivity index (χ3v) is 3.61. The van der Waals surface area contributed by atoms with E-state index in [1.807, 2.05) is 30.3 Å². The Hall–Kier alpha value is -1.88. The minimum Gasteiger partial charge on any atom is -0.457 e. The molecule has 2 heterocycles. The van der Waals surface area contributed by atoms with Gasteiger partial charge in [0.05, 0.1) is 12.5 Å². The number of aliphatic hydroxyl groups excluding tert-OH is 1. The summed E-state index contributed by atoms with van der Waals surface area (Å²) < 4.78 is 4.91. The molecule has 1 aromatic carbocycles. The quantitative estimate of drug-likeness (QED) is 0.724. The largest absolute Gasteiger partial charge is 0.457 e. The predicted octanol–water partition coefficient (Wildman–Crippen LogP) is -0.226. The molecule has 2 aliphatic heterocycles. The number of carbonyl (C=O) groups excluding carboxylic acids is 2. The van der Waals surface area contributed by atoms with Gasteiger partial charge < -0.3 is 15.2 Å². The van der Waals surface area contributed by atoms with Gasteiger partial charge >= 0.3 is 5.97 Å². The highest BCUT2D eigenvalue weighted by atomic mass is 16.6. The summed E-state index contributed by atoms with van der Waals surface area (Å²) in [5.74, 6) is -0.792. The molecule has 18 heavy (non-hydrogen) atoms. The summed E-state index contributed by atoms with van der Waals surface area (Å²) in [6.07, 6.45) is -1.04. The Bertz CT molecular complexity index is 501. The number of esters is 1. The second-order valence-corrected chi connectivity index (χ2v) is 4.72. The highest BCUT2D eigenvalue weighted by Gasteiger charge is 2.67. The number of hydrogen-bond donors (Lipinski definition) is 2.